The molecule has 1 amide bonds. The molecule has 1 aliphatic carbocycles. The van der Waals surface area contributed by atoms with Crippen LogP contribution in [0.15, 0.2) is 23.0 Å². The fraction of sp³-hybridized carbons (Fsp3) is 0.350. The normalized spacial score (nSPS) is 13.1. The molecule has 27 heavy (non-hydrogen) atoms. The van der Waals surface area contributed by atoms with Gasteiger partial charge in [-0.1, -0.05) is 12.1 Å². The van der Waals surface area contributed by atoms with Crippen molar-refractivity contribution in [1.82, 2.24) is 9.97 Å². The molecule has 2 N–H and O–H groups in total. The summed E-state index contributed by atoms with van der Waals surface area (Å²) in [5, 5.41) is 3.73. The van der Waals surface area contributed by atoms with Crippen LogP contribution in [0.5, 0.6) is 0 Å². The van der Waals surface area contributed by atoms with E-state index in [-0.39, 0.29) is 11.5 Å². The predicted octanol–water partition coefficient (Wildman–Crippen LogP) is 3.96. The van der Waals surface area contributed by atoms with Crippen molar-refractivity contribution in [2.45, 2.75) is 38.9 Å². The van der Waals surface area contributed by atoms with Gasteiger partial charge >= 0.3 is 0 Å². The number of nitrogens with zero attached hydrogens (tertiary/aromatic N) is 1. The van der Waals surface area contributed by atoms with Gasteiger partial charge in [-0.05, 0) is 55.9 Å². The molecule has 0 saturated heterocycles. The Morgan fingerprint density at radius 2 is 2.19 bits per heavy atom. The van der Waals surface area contributed by atoms with Gasteiger partial charge in [0.05, 0.1) is 16.9 Å². The van der Waals surface area contributed by atoms with Gasteiger partial charge in [0.15, 0.2) is 0 Å². The Hall–Kier alpha value is -2.12. The van der Waals surface area contributed by atoms with E-state index in [2.05, 4.69) is 15.3 Å². The van der Waals surface area contributed by atoms with Gasteiger partial charge < -0.3 is 10.3 Å². The van der Waals surface area contributed by atoms with Crippen LogP contribution in [0.4, 0.5) is 5.69 Å². The van der Waals surface area contributed by atoms with Crippen LogP contribution in [0.25, 0.3) is 10.2 Å². The van der Waals surface area contributed by atoms with E-state index in [1.165, 1.54) is 22.2 Å². The highest BCUT2D eigenvalue weighted by atomic mass is 32.2. The number of rotatable bonds is 5. The molecule has 0 unspecified atom stereocenters. The van der Waals surface area contributed by atoms with E-state index in [1.807, 2.05) is 32.0 Å². The van der Waals surface area contributed by atoms with E-state index >= 15 is 0 Å². The number of H-pyrrole nitrogens is 1. The maximum Gasteiger partial charge on any atom is 0.259 e. The number of thioether (sulfide) groups is 1. The summed E-state index contributed by atoms with van der Waals surface area (Å²) < 4.78 is 0. The summed E-state index contributed by atoms with van der Waals surface area (Å²) in [6.07, 6.45) is 3.16. The number of anilines is 1. The number of fused-ring (bicyclic) bond motifs is 3. The molecule has 3 aromatic rings. The third-order valence-corrected chi connectivity index (χ3v) is 6.89. The molecular weight excluding hydrogens is 378 g/mol. The van der Waals surface area contributed by atoms with Crippen LogP contribution in [0.1, 0.15) is 33.8 Å². The average molecular weight is 400 g/mol. The van der Waals surface area contributed by atoms with Crippen LogP contribution in [0.2, 0.25) is 0 Å². The highest BCUT2D eigenvalue weighted by molar-refractivity contribution is 7.99. The molecule has 0 bridgehead atoms. The second kappa shape index (κ2) is 7.48. The Labute approximate surface area is 165 Å². The molecule has 140 valence electrons. The zero-order valence-electron chi connectivity index (χ0n) is 15.3. The van der Waals surface area contributed by atoms with Crippen molar-refractivity contribution in [2.75, 3.05) is 11.1 Å². The fourth-order valence-corrected chi connectivity index (χ4v) is 5.38. The molecule has 5 nitrogen and oxygen atoms in total. The van der Waals surface area contributed by atoms with Gasteiger partial charge in [0.1, 0.15) is 10.7 Å². The van der Waals surface area contributed by atoms with Crippen molar-refractivity contribution in [1.29, 1.82) is 0 Å². The highest BCUT2D eigenvalue weighted by Crippen LogP contribution is 2.34. The van der Waals surface area contributed by atoms with Crippen LogP contribution in [-0.4, -0.2) is 21.6 Å². The summed E-state index contributed by atoms with van der Waals surface area (Å²) in [6, 6.07) is 6.00. The molecule has 1 aliphatic rings. The molecule has 0 aliphatic heterocycles. The van der Waals surface area contributed by atoms with Gasteiger partial charge in [0, 0.05) is 10.6 Å². The van der Waals surface area contributed by atoms with E-state index in [4.69, 9.17) is 0 Å². The maximum atomic E-state index is 12.5. The maximum absolute atomic E-state index is 12.5. The minimum Gasteiger partial charge on any atom is -0.325 e. The number of hydrogen-bond acceptors (Lipinski definition) is 5. The number of aromatic amines is 1. The van der Waals surface area contributed by atoms with Crippen molar-refractivity contribution in [3.63, 3.8) is 0 Å². The third-order valence-electron chi connectivity index (χ3n) is 4.76. The Bertz CT molecular complexity index is 1080. The van der Waals surface area contributed by atoms with Gasteiger partial charge in [-0.25, -0.2) is 4.98 Å². The van der Waals surface area contributed by atoms with Gasteiger partial charge in [0.25, 0.3) is 5.56 Å². The largest absolute Gasteiger partial charge is 0.325 e. The summed E-state index contributed by atoms with van der Waals surface area (Å²) in [5.41, 5.74) is 4.15. The zero-order valence-corrected chi connectivity index (χ0v) is 17.0. The second-order valence-corrected chi connectivity index (χ2v) is 8.98. The first-order valence-electron chi connectivity index (χ1n) is 8.99. The molecule has 0 radical (unpaired) electrons. The topological polar surface area (TPSA) is 74.8 Å². The van der Waals surface area contributed by atoms with Crippen molar-refractivity contribution in [3.8, 4) is 0 Å². The summed E-state index contributed by atoms with van der Waals surface area (Å²) >= 11 is 3.09. The molecule has 7 heteroatoms. The number of carbonyl (C=O) groups is 1. The van der Waals surface area contributed by atoms with Gasteiger partial charge in [-0.3, -0.25) is 9.59 Å². The summed E-state index contributed by atoms with van der Waals surface area (Å²) in [6.45, 7) is 3.98. The number of nitrogens with one attached hydrogen (secondary N) is 2. The Kier molecular flexibility index (Phi) is 5.06. The van der Waals surface area contributed by atoms with Crippen LogP contribution in [0.3, 0.4) is 0 Å². The SMILES string of the molecule is Cc1ccc(C)c(NC(=O)CSCc2nc3sc4c(c3c(=O)[nH]2)CCC4)c1. The van der Waals surface area contributed by atoms with Crippen molar-refractivity contribution in [3.05, 3.63) is 55.9 Å². The molecule has 0 saturated carbocycles. The van der Waals surface area contributed by atoms with Crippen LogP contribution in [-0.2, 0) is 23.4 Å². The van der Waals surface area contributed by atoms with E-state index < -0.39 is 0 Å². The van der Waals surface area contributed by atoms with Gasteiger partial charge in [-0.15, -0.1) is 23.1 Å². The minimum absolute atomic E-state index is 0.0464. The van der Waals surface area contributed by atoms with Crippen LogP contribution < -0.4 is 10.9 Å². The first-order chi connectivity index (χ1) is 13.0. The monoisotopic (exact) mass is 399 g/mol. The van der Waals surface area contributed by atoms with Crippen LogP contribution in [0, 0.1) is 13.8 Å². The second-order valence-electron chi connectivity index (χ2n) is 6.91. The lowest BCUT2D eigenvalue weighted by atomic mass is 10.1. The smallest absolute Gasteiger partial charge is 0.259 e. The third kappa shape index (κ3) is 3.80. The van der Waals surface area contributed by atoms with Gasteiger partial charge in [-0.2, -0.15) is 0 Å². The Morgan fingerprint density at radius 1 is 1.33 bits per heavy atom. The van der Waals surface area contributed by atoms with Crippen molar-refractivity contribution >= 4 is 44.9 Å². The highest BCUT2D eigenvalue weighted by Gasteiger charge is 2.21. The zero-order chi connectivity index (χ0) is 19.0. The van der Waals surface area contributed by atoms with Crippen molar-refractivity contribution in [2.24, 2.45) is 0 Å². The number of carbonyl (C=O) groups excluding carboxylic acids is 1. The molecule has 2 aromatic heterocycles. The molecule has 0 atom stereocenters. The Balaban J connectivity index is 1.40. The number of aryl methyl sites for hydroxylation is 4. The predicted molar refractivity (Wildman–Crippen MR) is 113 cm³/mol. The fourth-order valence-electron chi connectivity index (χ4n) is 3.41. The lowest BCUT2D eigenvalue weighted by Crippen LogP contribution is -2.16. The molecule has 4 rings (SSSR count). The minimum atomic E-state index is -0.0489. The first-order valence-corrected chi connectivity index (χ1v) is 11.0. The number of hydrogen-bond donors (Lipinski definition) is 2. The van der Waals surface area contributed by atoms with E-state index in [0.717, 1.165) is 46.3 Å². The van der Waals surface area contributed by atoms with E-state index in [9.17, 15) is 9.59 Å². The van der Waals surface area contributed by atoms with Gasteiger partial charge in [0.2, 0.25) is 5.91 Å². The Morgan fingerprint density at radius 3 is 3.04 bits per heavy atom. The molecule has 2 heterocycles. The lowest BCUT2D eigenvalue weighted by molar-refractivity contribution is -0.113. The summed E-state index contributed by atoms with van der Waals surface area (Å²) in [4.78, 5) is 34.3. The number of benzene rings is 1. The lowest BCUT2D eigenvalue weighted by Gasteiger charge is -2.09. The molecular formula is C20H21N3O2S2. The van der Waals surface area contributed by atoms with E-state index in [0.29, 0.717) is 17.3 Å². The standard InChI is InChI=1S/C20H21N3O2S2/c1-11-6-7-12(2)14(8-11)21-17(24)10-26-9-16-22-19(25)18-13-4-3-5-15(13)27-20(18)23-16/h6-8H,3-5,9-10H2,1-2H3,(H,21,24)(H,22,23,25). The average Bonchev–Trinajstić information content (AvgIpc) is 3.18. The van der Waals surface area contributed by atoms with Crippen LogP contribution >= 0.6 is 23.1 Å². The number of thiophene rings is 1. The summed E-state index contributed by atoms with van der Waals surface area (Å²) in [5.74, 6) is 1.41. The quantitative estimate of drug-likeness (QED) is 0.681. The first kappa shape index (κ1) is 18.3. The molecule has 0 fully saturated rings. The summed E-state index contributed by atoms with van der Waals surface area (Å²) in [7, 11) is 0. The molecule has 0 spiro atoms. The van der Waals surface area contributed by atoms with Crippen molar-refractivity contribution < 1.29 is 4.79 Å². The molecule has 1 aromatic carbocycles. The van der Waals surface area contributed by atoms with E-state index in [1.54, 1.807) is 11.3 Å². The number of amides is 1. The number of aromatic nitrogens is 2.